The van der Waals surface area contributed by atoms with Gasteiger partial charge < -0.3 is 5.32 Å². The number of pyridine rings is 1. The molecule has 4 nitrogen and oxygen atoms in total. The lowest BCUT2D eigenvalue weighted by molar-refractivity contribution is 0.274. The van der Waals surface area contributed by atoms with Gasteiger partial charge in [-0.3, -0.25) is 0 Å². The largest absolute Gasteiger partial charge is 0.353 e. The van der Waals surface area contributed by atoms with Crippen LogP contribution >= 0.6 is 15.9 Å². The number of fused-ring (bicyclic) bond motifs is 1. The number of rotatable bonds is 3. The number of hydrogen-bond acceptors (Lipinski definition) is 3. The molecule has 0 spiro atoms. The molecule has 2 heterocycles. The molecule has 1 N–H and O–H groups in total. The van der Waals surface area contributed by atoms with Crippen molar-refractivity contribution in [2.24, 2.45) is 11.3 Å². The van der Waals surface area contributed by atoms with Crippen molar-refractivity contribution in [3.63, 3.8) is 0 Å². The van der Waals surface area contributed by atoms with Gasteiger partial charge in [-0.15, -0.1) is 5.10 Å². The Labute approximate surface area is 116 Å². The summed E-state index contributed by atoms with van der Waals surface area (Å²) in [7, 11) is 0. The minimum Gasteiger partial charge on any atom is -0.353 e. The Kier molecular flexibility index (Phi) is 3.61. The highest BCUT2D eigenvalue weighted by atomic mass is 79.9. The minimum atomic E-state index is 0.284. The van der Waals surface area contributed by atoms with Crippen molar-refractivity contribution in [2.75, 3.05) is 11.9 Å². The van der Waals surface area contributed by atoms with Crippen molar-refractivity contribution in [3.8, 4) is 0 Å². The van der Waals surface area contributed by atoms with Crippen LogP contribution in [0.25, 0.3) is 5.65 Å². The van der Waals surface area contributed by atoms with Crippen molar-refractivity contribution in [1.29, 1.82) is 0 Å². The lowest BCUT2D eigenvalue weighted by Gasteiger charge is -2.27. The number of aromatic nitrogens is 3. The Balaban J connectivity index is 2.11. The molecular formula is C13H19BrN4. The van der Waals surface area contributed by atoms with Crippen molar-refractivity contribution in [2.45, 2.75) is 27.7 Å². The zero-order valence-corrected chi connectivity index (χ0v) is 12.8. The fraction of sp³-hybridized carbons (Fsp3) is 0.538. The highest BCUT2D eigenvalue weighted by Crippen LogP contribution is 2.25. The van der Waals surface area contributed by atoms with E-state index in [0.717, 1.165) is 16.7 Å². The SMILES string of the molecule is CC(CNc1nc2c(Br)cccn2n1)C(C)(C)C. The van der Waals surface area contributed by atoms with Gasteiger partial charge in [-0.25, -0.2) is 4.52 Å². The first-order valence-electron chi connectivity index (χ1n) is 6.12. The first kappa shape index (κ1) is 13.3. The van der Waals surface area contributed by atoms with Gasteiger partial charge in [0.15, 0.2) is 5.65 Å². The molecule has 2 aromatic heterocycles. The lowest BCUT2D eigenvalue weighted by Crippen LogP contribution is -2.25. The molecule has 0 aromatic carbocycles. The fourth-order valence-electron chi connectivity index (χ4n) is 1.50. The molecular weight excluding hydrogens is 292 g/mol. The number of anilines is 1. The zero-order valence-electron chi connectivity index (χ0n) is 11.2. The summed E-state index contributed by atoms with van der Waals surface area (Å²) in [6.07, 6.45) is 1.89. The van der Waals surface area contributed by atoms with E-state index in [1.165, 1.54) is 0 Å². The molecule has 0 aliphatic carbocycles. The van der Waals surface area contributed by atoms with E-state index < -0.39 is 0 Å². The minimum absolute atomic E-state index is 0.284. The molecule has 2 rings (SSSR count). The molecule has 0 aliphatic rings. The van der Waals surface area contributed by atoms with E-state index in [4.69, 9.17) is 0 Å². The van der Waals surface area contributed by atoms with Crippen LogP contribution in [0.15, 0.2) is 22.8 Å². The number of nitrogens with one attached hydrogen (secondary N) is 1. The first-order chi connectivity index (χ1) is 8.38. The summed E-state index contributed by atoms with van der Waals surface area (Å²) in [5, 5.41) is 7.70. The molecule has 0 amide bonds. The van der Waals surface area contributed by atoms with Crippen LogP contribution in [-0.2, 0) is 0 Å². The number of hydrogen-bond donors (Lipinski definition) is 1. The van der Waals surface area contributed by atoms with Crippen LogP contribution in [-0.4, -0.2) is 21.1 Å². The van der Waals surface area contributed by atoms with E-state index in [2.05, 4.69) is 59.0 Å². The standard InChI is InChI=1S/C13H19BrN4/c1-9(13(2,3)4)8-15-12-16-11-10(14)6-5-7-18(11)17-12/h5-7,9H,8H2,1-4H3,(H,15,17). The van der Waals surface area contributed by atoms with Crippen LogP contribution < -0.4 is 5.32 Å². The third kappa shape index (κ3) is 2.83. The monoisotopic (exact) mass is 310 g/mol. The summed E-state index contributed by atoms with van der Waals surface area (Å²) in [4.78, 5) is 4.46. The summed E-state index contributed by atoms with van der Waals surface area (Å²) >= 11 is 3.47. The Morgan fingerprint density at radius 2 is 2.17 bits per heavy atom. The van der Waals surface area contributed by atoms with E-state index in [9.17, 15) is 0 Å². The molecule has 0 saturated carbocycles. The second-order valence-electron chi connectivity index (χ2n) is 5.71. The predicted molar refractivity (Wildman–Crippen MR) is 77.8 cm³/mol. The quantitative estimate of drug-likeness (QED) is 0.942. The highest BCUT2D eigenvalue weighted by molar-refractivity contribution is 9.10. The molecule has 0 aliphatic heterocycles. The topological polar surface area (TPSA) is 42.2 Å². The Morgan fingerprint density at radius 3 is 2.78 bits per heavy atom. The molecule has 0 saturated heterocycles. The maximum atomic E-state index is 4.46. The van der Waals surface area contributed by atoms with Gasteiger partial charge in [0.2, 0.25) is 5.95 Å². The third-order valence-corrected chi connectivity index (χ3v) is 3.98. The maximum absolute atomic E-state index is 4.46. The molecule has 98 valence electrons. The highest BCUT2D eigenvalue weighted by Gasteiger charge is 2.20. The smallest absolute Gasteiger partial charge is 0.243 e. The second-order valence-corrected chi connectivity index (χ2v) is 6.56. The molecule has 0 bridgehead atoms. The van der Waals surface area contributed by atoms with Crippen molar-refractivity contribution >= 4 is 27.5 Å². The maximum Gasteiger partial charge on any atom is 0.243 e. The van der Waals surface area contributed by atoms with Gasteiger partial charge in [0.25, 0.3) is 0 Å². The van der Waals surface area contributed by atoms with Gasteiger partial charge >= 0.3 is 0 Å². The van der Waals surface area contributed by atoms with E-state index in [1.54, 1.807) is 4.52 Å². The van der Waals surface area contributed by atoms with Gasteiger partial charge in [-0.05, 0) is 39.4 Å². The predicted octanol–water partition coefficient (Wildman–Crippen LogP) is 3.59. The normalized spacial score (nSPS) is 13.8. The zero-order chi connectivity index (χ0) is 13.3. The van der Waals surface area contributed by atoms with E-state index >= 15 is 0 Å². The summed E-state index contributed by atoms with van der Waals surface area (Å²) in [5.74, 6) is 1.23. The summed E-state index contributed by atoms with van der Waals surface area (Å²) in [6.45, 7) is 9.84. The molecule has 0 fully saturated rings. The Bertz CT molecular complexity index is 541. The Morgan fingerprint density at radius 1 is 1.44 bits per heavy atom. The number of nitrogens with zero attached hydrogens (tertiary/aromatic N) is 3. The van der Waals surface area contributed by atoms with Gasteiger partial charge in [0.1, 0.15) is 0 Å². The van der Waals surface area contributed by atoms with Gasteiger partial charge in [0.05, 0.1) is 4.47 Å². The van der Waals surface area contributed by atoms with E-state index in [1.807, 2.05) is 18.3 Å². The first-order valence-corrected chi connectivity index (χ1v) is 6.92. The van der Waals surface area contributed by atoms with Crippen LogP contribution in [0.1, 0.15) is 27.7 Å². The molecule has 1 atom stereocenters. The van der Waals surface area contributed by atoms with E-state index in [0.29, 0.717) is 11.9 Å². The molecule has 18 heavy (non-hydrogen) atoms. The molecule has 5 heteroatoms. The lowest BCUT2D eigenvalue weighted by atomic mass is 9.82. The van der Waals surface area contributed by atoms with Crippen LogP contribution in [0, 0.1) is 11.3 Å². The molecule has 0 radical (unpaired) electrons. The van der Waals surface area contributed by atoms with Crippen LogP contribution in [0.2, 0.25) is 0 Å². The summed E-state index contributed by atoms with van der Waals surface area (Å²) in [6, 6.07) is 3.90. The van der Waals surface area contributed by atoms with Crippen molar-refractivity contribution in [1.82, 2.24) is 14.6 Å². The third-order valence-electron chi connectivity index (χ3n) is 3.36. The van der Waals surface area contributed by atoms with Crippen molar-refractivity contribution in [3.05, 3.63) is 22.8 Å². The average Bonchev–Trinajstić information content (AvgIpc) is 2.69. The fourth-order valence-corrected chi connectivity index (χ4v) is 1.92. The molecule has 2 aromatic rings. The molecule has 1 unspecified atom stereocenters. The van der Waals surface area contributed by atoms with Crippen LogP contribution in [0.4, 0.5) is 5.95 Å². The van der Waals surface area contributed by atoms with Gasteiger partial charge in [-0.2, -0.15) is 4.98 Å². The van der Waals surface area contributed by atoms with Gasteiger partial charge in [0, 0.05) is 12.7 Å². The average molecular weight is 311 g/mol. The Hall–Kier alpha value is -1.10. The van der Waals surface area contributed by atoms with E-state index in [-0.39, 0.29) is 5.41 Å². The van der Waals surface area contributed by atoms with Crippen molar-refractivity contribution < 1.29 is 0 Å². The van der Waals surface area contributed by atoms with Crippen LogP contribution in [0.3, 0.4) is 0 Å². The summed E-state index contributed by atoms with van der Waals surface area (Å²) < 4.78 is 2.73. The number of halogens is 1. The van der Waals surface area contributed by atoms with Crippen LogP contribution in [0.5, 0.6) is 0 Å². The van der Waals surface area contributed by atoms with Gasteiger partial charge in [-0.1, -0.05) is 27.7 Å². The second kappa shape index (κ2) is 4.88. The summed E-state index contributed by atoms with van der Waals surface area (Å²) in [5.41, 5.74) is 1.12.